The van der Waals surface area contributed by atoms with Crippen molar-refractivity contribution in [3.05, 3.63) is 109 Å². The molecule has 0 aliphatic heterocycles. The molecule has 0 saturated heterocycles. The van der Waals surface area contributed by atoms with Crippen molar-refractivity contribution in [3.63, 3.8) is 0 Å². The van der Waals surface area contributed by atoms with Gasteiger partial charge >= 0.3 is 19.8 Å². The first-order chi connectivity index (χ1) is 40.8. The Morgan fingerprint density at radius 1 is 0.373 bits per heavy atom. The summed E-state index contributed by atoms with van der Waals surface area (Å²) < 4.78 is 33.1. The number of allylic oxidation sites excluding steroid dienone is 18. The molecule has 0 aromatic carbocycles. The lowest BCUT2D eigenvalue weighted by atomic mass is 10.0. The van der Waals surface area contributed by atoms with E-state index in [0.717, 1.165) is 89.9 Å². The lowest BCUT2D eigenvalue weighted by Crippen LogP contribution is -2.29. The number of phosphoric ester groups is 1. The van der Waals surface area contributed by atoms with Crippen LogP contribution in [0.1, 0.15) is 309 Å². The van der Waals surface area contributed by atoms with Crippen LogP contribution in [0, 0.1) is 0 Å². The highest BCUT2D eigenvalue weighted by atomic mass is 31.2. The normalized spacial score (nSPS) is 13.6. The Bertz CT molecular complexity index is 1730. The number of unbranched alkanes of at least 4 members (excludes halogenated alkanes) is 33. The maximum atomic E-state index is 12.8. The molecule has 10 heteroatoms. The number of nitrogens with two attached hydrogens (primary N) is 1. The van der Waals surface area contributed by atoms with E-state index in [1.54, 1.807) is 0 Å². The van der Waals surface area contributed by atoms with Gasteiger partial charge < -0.3 is 20.1 Å². The van der Waals surface area contributed by atoms with Crippen molar-refractivity contribution in [1.29, 1.82) is 0 Å². The Kier molecular flexibility index (Phi) is 65.1. The SMILES string of the molecule is CC/C=C\C/C=C\C/C=C\C/C=C\C/C=C\C/C=C\C/C=C\CCCCCCCCCCCCCCCCCCCCCC(=O)OC(COC(=O)CCCCCCCCCCC/C=C\C/C=C\CCCCCCC)COP(=O)(O)OCCN. The van der Waals surface area contributed by atoms with Gasteiger partial charge in [-0.25, -0.2) is 4.57 Å². The molecule has 0 radical (unpaired) electrons. The second-order valence-electron chi connectivity index (χ2n) is 22.7. The van der Waals surface area contributed by atoms with Gasteiger partial charge in [0.05, 0.1) is 13.2 Å². The van der Waals surface area contributed by atoms with Gasteiger partial charge in [0.1, 0.15) is 6.61 Å². The summed E-state index contributed by atoms with van der Waals surface area (Å²) in [6.45, 7) is 3.64. The number of hydrogen-bond donors (Lipinski definition) is 2. The molecule has 83 heavy (non-hydrogen) atoms. The smallest absolute Gasteiger partial charge is 0.462 e. The van der Waals surface area contributed by atoms with Crippen molar-refractivity contribution in [2.24, 2.45) is 5.73 Å². The van der Waals surface area contributed by atoms with Crippen molar-refractivity contribution in [1.82, 2.24) is 0 Å². The van der Waals surface area contributed by atoms with Crippen LogP contribution in [0.25, 0.3) is 0 Å². The Morgan fingerprint density at radius 2 is 0.663 bits per heavy atom. The number of phosphoric acid groups is 1. The summed E-state index contributed by atoms with van der Waals surface area (Å²) in [6.07, 6.45) is 93.2. The zero-order valence-electron chi connectivity index (χ0n) is 53.7. The lowest BCUT2D eigenvalue weighted by Gasteiger charge is -2.19. The van der Waals surface area contributed by atoms with Crippen LogP contribution in [0.3, 0.4) is 0 Å². The van der Waals surface area contributed by atoms with Crippen LogP contribution in [0.4, 0.5) is 0 Å². The highest BCUT2D eigenvalue weighted by Gasteiger charge is 2.26. The van der Waals surface area contributed by atoms with Crippen LogP contribution in [0.2, 0.25) is 0 Å². The third kappa shape index (κ3) is 67.7. The van der Waals surface area contributed by atoms with Gasteiger partial charge in [0.15, 0.2) is 6.10 Å². The molecule has 0 fully saturated rings. The van der Waals surface area contributed by atoms with Crippen LogP contribution >= 0.6 is 7.82 Å². The number of carbonyl (C=O) groups excluding carboxylic acids is 2. The Balaban J connectivity index is 3.84. The van der Waals surface area contributed by atoms with Gasteiger partial charge in [-0.15, -0.1) is 0 Å². The highest BCUT2D eigenvalue weighted by Crippen LogP contribution is 2.43. The molecule has 2 atom stereocenters. The molecule has 2 unspecified atom stereocenters. The molecule has 0 aromatic heterocycles. The van der Waals surface area contributed by atoms with E-state index in [2.05, 4.69) is 123 Å². The molecule has 9 nitrogen and oxygen atoms in total. The fourth-order valence-electron chi connectivity index (χ4n) is 9.59. The number of carbonyl (C=O) groups is 2. The number of hydrogen-bond acceptors (Lipinski definition) is 8. The van der Waals surface area contributed by atoms with E-state index in [1.165, 1.54) is 186 Å². The molecular weight excluding hydrogens is 1050 g/mol. The summed E-state index contributed by atoms with van der Waals surface area (Å²) in [6, 6.07) is 0. The molecule has 0 spiro atoms. The average Bonchev–Trinajstić information content (AvgIpc) is 3.49. The van der Waals surface area contributed by atoms with Gasteiger partial charge in [0.25, 0.3) is 0 Å². The third-order valence-electron chi connectivity index (χ3n) is 14.6. The summed E-state index contributed by atoms with van der Waals surface area (Å²) in [7, 11) is -4.40. The largest absolute Gasteiger partial charge is 0.472 e. The van der Waals surface area contributed by atoms with Crippen molar-refractivity contribution in [3.8, 4) is 0 Å². The van der Waals surface area contributed by atoms with E-state index in [1.807, 2.05) is 0 Å². The van der Waals surface area contributed by atoms with E-state index in [4.69, 9.17) is 24.3 Å². The molecule has 478 valence electrons. The summed E-state index contributed by atoms with van der Waals surface area (Å²) in [5.41, 5.74) is 5.40. The van der Waals surface area contributed by atoms with Crippen LogP contribution in [0.5, 0.6) is 0 Å². The van der Waals surface area contributed by atoms with Crippen molar-refractivity contribution in [2.75, 3.05) is 26.4 Å². The van der Waals surface area contributed by atoms with Gasteiger partial charge in [-0.1, -0.05) is 303 Å². The Hall–Kier alpha value is -3.33. The number of rotatable bonds is 64. The Labute approximate surface area is 511 Å². The van der Waals surface area contributed by atoms with Gasteiger partial charge in [-0.05, 0) is 103 Å². The maximum absolute atomic E-state index is 12.8. The van der Waals surface area contributed by atoms with E-state index < -0.39 is 26.5 Å². The summed E-state index contributed by atoms with van der Waals surface area (Å²) in [5.74, 6) is -0.824. The molecule has 0 aliphatic carbocycles. The minimum absolute atomic E-state index is 0.0507. The number of ether oxygens (including phenoxy) is 2. The Morgan fingerprint density at radius 3 is 0.988 bits per heavy atom. The lowest BCUT2D eigenvalue weighted by molar-refractivity contribution is -0.161. The van der Waals surface area contributed by atoms with Gasteiger partial charge in [-0.2, -0.15) is 0 Å². The van der Waals surface area contributed by atoms with Gasteiger partial charge in [0, 0.05) is 19.4 Å². The first-order valence-corrected chi connectivity index (χ1v) is 35.9. The highest BCUT2D eigenvalue weighted by molar-refractivity contribution is 7.47. The molecule has 0 aromatic rings. The first kappa shape index (κ1) is 79.7. The van der Waals surface area contributed by atoms with Crippen LogP contribution in [-0.4, -0.2) is 49.3 Å². The summed E-state index contributed by atoms with van der Waals surface area (Å²) in [4.78, 5) is 35.3. The molecular formula is C73H128NO8P. The quantitative estimate of drug-likeness (QED) is 0.0264. The summed E-state index contributed by atoms with van der Waals surface area (Å²) >= 11 is 0. The minimum atomic E-state index is -4.40. The third-order valence-corrected chi connectivity index (χ3v) is 15.6. The second-order valence-corrected chi connectivity index (χ2v) is 24.1. The minimum Gasteiger partial charge on any atom is -0.462 e. The fourth-order valence-corrected chi connectivity index (χ4v) is 10.4. The van der Waals surface area contributed by atoms with Crippen molar-refractivity contribution in [2.45, 2.75) is 315 Å². The maximum Gasteiger partial charge on any atom is 0.472 e. The van der Waals surface area contributed by atoms with Gasteiger partial charge in [0.2, 0.25) is 0 Å². The summed E-state index contributed by atoms with van der Waals surface area (Å²) in [5, 5.41) is 0. The predicted octanol–water partition coefficient (Wildman–Crippen LogP) is 22.5. The van der Waals surface area contributed by atoms with Crippen LogP contribution in [-0.2, 0) is 32.7 Å². The predicted molar refractivity (Wildman–Crippen MR) is 358 cm³/mol. The van der Waals surface area contributed by atoms with Gasteiger partial charge in [-0.3, -0.25) is 18.6 Å². The average molecular weight is 1180 g/mol. The van der Waals surface area contributed by atoms with Crippen molar-refractivity contribution >= 4 is 19.8 Å². The molecule has 0 heterocycles. The van der Waals surface area contributed by atoms with E-state index in [0.29, 0.717) is 6.42 Å². The molecule has 3 N–H and O–H groups in total. The monoisotopic (exact) mass is 1180 g/mol. The standard InChI is InChI=1S/C73H128NO8P/c1-3-5-7-9-11-13-15-17-19-21-23-25-26-27-28-29-30-31-32-33-34-35-36-37-38-39-40-41-42-43-44-46-48-50-52-54-56-58-60-62-64-66-73(76)82-71(70-81-83(77,78)80-68-67-74)69-79-72(75)65-63-61-59-57-55-53-51-49-47-45-24-22-20-18-16-14-12-10-8-6-4-2/h5,7,11,13,16-19,22-25,27-28,30-31,33-34,71H,3-4,6,8-10,12,14-15,20-21,26,29,32,35-70,74H2,1-2H3,(H,77,78)/b7-5-,13-11-,18-16-,19-17-,24-22-,25-23-,28-27-,31-30-,34-33-. The first-order valence-electron chi connectivity index (χ1n) is 34.4. The molecule has 0 amide bonds. The molecule has 0 bridgehead atoms. The number of esters is 2. The van der Waals surface area contributed by atoms with E-state index >= 15 is 0 Å². The fraction of sp³-hybridized carbons (Fsp3) is 0.726. The van der Waals surface area contributed by atoms with Crippen LogP contribution < -0.4 is 5.73 Å². The molecule has 0 saturated carbocycles. The van der Waals surface area contributed by atoms with Crippen LogP contribution in [0.15, 0.2) is 109 Å². The second kappa shape index (κ2) is 67.8. The molecule has 0 aliphatic rings. The van der Waals surface area contributed by atoms with Crippen molar-refractivity contribution < 1.29 is 37.6 Å². The van der Waals surface area contributed by atoms with E-state index in [-0.39, 0.29) is 38.6 Å². The molecule has 0 rings (SSSR count). The van der Waals surface area contributed by atoms with E-state index in [9.17, 15) is 19.0 Å². The zero-order valence-corrected chi connectivity index (χ0v) is 54.5. The zero-order chi connectivity index (χ0) is 60.1. The topological polar surface area (TPSA) is 134 Å².